The molecule has 0 saturated carbocycles. The number of rotatable bonds is 3. The van der Waals surface area contributed by atoms with Crippen LogP contribution >= 0.6 is 0 Å². The van der Waals surface area contributed by atoms with Crippen LogP contribution in [0.1, 0.15) is 15.9 Å². The highest BCUT2D eigenvalue weighted by Gasteiger charge is 2.21. The smallest absolute Gasteiger partial charge is 0.254 e. The van der Waals surface area contributed by atoms with Crippen LogP contribution in [0.3, 0.4) is 0 Å². The van der Waals surface area contributed by atoms with E-state index >= 15 is 0 Å². The summed E-state index contributed by atoms with van der Waals surface area (Å²) in [4.78, 5) is 11.5. The Balaban J connectivity index is 2.65. The lowest BCUT2D eigenvalue weighted by Gasteiger charge is -2.07. The van der Waals surface area contributed by atoms with Gasteiger partial charge in [0.25, 0.3) is 5.91 Å². The highest BCUT2D eigenvalue weighted by atomic mass is 16.5. The molecule has 0 aliphatic rings. The van der Waals surface area contributed by atoms with E-state index in [1.165, 1.54) is 4.68 Å². The van der Waals surface area contributed by atoms with Gasteiger partial charge in [0.15, 0.2) is 0 Å². The van der Waals surface area contributed by atoms with Crippen molar-refractivity contribution in [2.24, 2.45) is 12.8 Å². The van der Waals surface area contributed by atoms with Crippen LogP contribution in [0.2, 0.25) is 0 Å². The van der Waals surface area contributed by atoms with E-state index in [9.17, 15) is 4.79 Å². The largest absolute Gasteiger partial charge is 0.497 e. The number of nitrogen functional groups attached to an aromatic ring is 1. The first kappa shape index (κ1) is 12.9. The SMILES string of the molecule is COc1ccc(-c2nn(C)c(N)c2C(N)=O)c(C)c1. The van der Waals surface area contributed by atoms with E-state index in [1.807, 2.05) is 19.1 Å². The summed E-state index contributed by atoms with van der Waals surface area (Å²) in [5, 5.41) is 4.27. The Hall–Kier alpha value is -2.50. The Morgan fingerprint density at radius 3 is 2.63 bits per heavy atom. The van der Waals surface area contributed by atoms with Crippen LogP contribution in [0.5, 0.6) is 5.75 Å². The number of nitrogens with zero attached hydrogens (tertiary/aromatic N) is 2. The van der Waals surface area contributed by atoms with Gasteiger partial charge in [-0.25, -0.2) is 0 Å². The molecule has 0 aliphatic heterocycles. The predicted octanol–water partition coefficient (Wildman–Crippen LogP) is 1.09. The molecular weight excluding hydrogens is 244 g/mol. The zero-order valence-corrected chi connectivity index (χ0v) is 11.1. The fourth-order valence-electron chi connectivity index (χ4n) is 2.00. The molecule has 0 unspecified atom stereocenters. The Kier molecular flexibility index (Phi) is 3.16. The third-order valence-corrected chi connectivity index (χ3v) is 3.03. The van der Waals surface area contributed by atoms with Crippen LogP contribution in [0.15, 0.2) is 18.2 Å². The van der Waals surface area contributed by atoms with Gasteiger partial charge in [-0.3, -0.25) is 9.48 Å². The quantitative estimate of drug-likeness (QED) is 0.863. The summed E-state index contributed by atoms with van der Waals surface area (Å²) >= 11 is 0. The van der Waals surface area contributed by atoms with E-state index in [2.05, 4.69) is 5.10 Å². The second kappa shape index (κ2) is 4.64. The van der Waals surface area contributed by atoms with Crippen LogP contribution in [-0.4, -0.2) is 22.8 Å². The van der Waals surface area contributed by atoms with E-state index in [4.69, 9.17) is 16.2 Å². The van der Waals surface area contributed by atoms with Gasteiger partial charge < -0.3 is 16.2 Å². The lowest BCUT2D eigenvalue weighted by molar-refractivity contribution is 0.100. The number of nitrogens with two attached hydrogens (primary N) is 2. The van der Waals surface area contributed by atoms with Gasteiger partial charge in [0.2, 0.25) is 0 Å². The average Bonchev–Trinajstić information content (AvgIpc) is 2.65. The summed E-state index contributed by atoms with van der Waals surface area (Å²) in [5.74, 6) is 0.416. The van der Waals surface area contributed by atoms with Crippen molar-refractivity contribution in [3.63, 3.8) is 0 Å². The lowest BCUT2D eigenvalue weighted by atomic mass is 10.0. The van der Waals surface area contributed by atoms with Gasteiger partial charge in [0, 0.05) is 12.6 Å². The van der Waals surface area contributed by atoms with Gasteiger partial charge in [-0.2, -0.15) is 5.10 Å². The van der Waals surface area contributed by atoms with Crippen LogP contribution in [0, 0.1) is 6.92 Å². The normalized spacial score (nSPS) is 10.5. The highest BCUT2D eigenvalue weighted by molar-refractivity contribution is 6.03. The van der Waals surface area contributed by atoms with E-state index < -0.39 is 5.91 Å². The van der Waals surface area contributed by atoms with Gasteiger partial charge >= 0.3 is 0 Å². The topological polar surface area (TPSA) is 96.2 Å². The number of primary amides is 1. The number of anilines is 1. The second-order valence-corrected chi connectivity index (χ2v) is 4.28. The van der Waals surface area contributed by atoms with Gasteiger partial charge in [0.05, 0.1) is 7.11 Å². The van der Waals surface area contributed by atoms with Gasteiger partial charge in [-0.15, -0.1) is 0 Å². The summed E-state index contributed by atoms with van der Waals surface area (Å²) in [6.07, 6.45) is 0. The van der Waals surface area contributed by atoms with Crippen molar-refractivity contribution in [3.05, 3.63) is 29.3 Å². The molecule has 0 aliphatic carbocycles. The third-order valence-electron chi connectivity index (χ3n) is 3.03. The maximum absolute atomic E-state index is 11.5. The molecule has 1 aromatic carbocycles. The molecule has 0 spiro atoms. The summed E-state index contributed by atoms with van der Waals surface area (Å²) in [6, 6.07) is 5.51. The van der Waals surface area contributed by atoms with Crippen molar-refractivity contribution in [3.8, 4) is 17.0 Å². The minimum atomic E-state index is -0.587. The van der Waals surface area contributed by atoms with Gasteiger partial charge in [-0.1, -0.05) is 0 Å². The minimum Gasteiger partial charge on any atom is -0.497 e. The molecule has 6 nitrogen and oxygen atoms in total. The van der Waals surface area contributed by atoms with Crippen LogP contribution in [0.4, 0.5) is 5.82 Å². The Labute approximate surface area is 111 Å². The lowest BCUT2D eigenvalue weighted by Crippen LogP contribution is -2.14. The first-order valence-corrected chi connectivity index (χ1v) is 5.73. The van der Waals surface area contributed by atoms with Gasteiger partial charge in [0.1, 0.15) is 22.8 Å². The molecule has 1 amide bonds. The van der Waals surface area contributed by atoms with E-state index in [-0.39, 0.29) is 11.4 Å². The number of carbonyl (C=O) groups is 1. The molecule has 1 heterocycles. The van der Waals surface area contributed by atoms with E-state index in [0.29, 0.717) is 5.69 Å². The molecule has 0 saturated heterocycles. The van der Waals surface area contributed by atoms with Crippen molar-refractivity contribution in [1.82, 2.24) is 9.78 Å². The maximum atomic E-state index is 11.5. The number of hydrogen-bond acceptors (Lipinski definition) is 4. The predicted molar refractivity (Wildman–Crippen MR) is 72.9 cm³/mol. The molecule has 0 atom stereocenters. The molecule has 2 aromatic rings. The monoisotopic (exact) mass is 260 g/mol. The average molecular weight is 260 g/mol. The molecular formula is C13H16N4O2. The van der Waals surface area contributed by atoms with Crippen LogP contribution in [0.25, 0.3) is 11.3 Å². The molecule has 4 N–H and O–H groups in total. The summed E-state index contributed by atoms with van der Waals surface area (Å²) in [5.41, 5.74) is 13.7. The molecule has 0 bridgehead atoms. The standard InChI is InChI=1S/C13H16N4O2/c1-7-6-8(19-3)4-5-9(7)11-10(13(15)18)12(14)17(2)16-11/h4-6H,14H2,1-3H3,(H2,15,18). The summed E-state index contributed by atoms with van der Waals surface area (Å²) in [6.45, 7) is 1.91. The first-order chi connectivity index (χ1) is 8.95. The van der Waals surface area contributed by atoms with E-state index in [1.54, 1.807) is 20.2 Å². The van der Waals surface area contributed by atoms with Crippen LogP contribution < -0.4 is 16.2 Å². The Morgan fingerprint density at radius 1 is 1.42 bits per heavy atom. The Morgan fingerprint density at radius 2 is 2.11 bits per heavy atom. The van der Waals surface area contributed by atoms with Crippen molar-refractivity contribution in [2.75, 3.05) is 12.8 Å². The Bertz CT molecular complexity index is 646. The molecule has 1 aromatic heterocycles. The number of amides is 1. The van der Waals surface area contributed by atoms with Gasteiger partial charge in [-0.05, 0) is 30.7 Å². The van der Waals surface area contributed by atoms with Crippen molar-refractivity contribution < 1.29 is 9.53 Å². The fraction of sp³-hybridized carbons (Fsp3) is 0.231. The first-order valence-electron chi connectivity index (χ1n) is 5.73. The van der Waals surface area contributed by atoms with Crippen molar-refractivity contribution in [1.29, 1.82) is 0 Å². The molecule has 19 heavy (non-hydrogen) atoms. The molecule has 6 heteroatoms. The summed E-state index contributed by atoms with van der Waals surface area (Å²) in [7, 11) is 3.27. The molecule has 0 radical (unpaired) electrons. The number of benzene rings is 1. The number of aromatic nitrogens is 2. The zero-order chi connectivity index (χ0) is 14.2. The number of methoxy groups -OCH3 is 1. The minimum absolute atomic E-state index is 0.246. The number of ether oxygens (including phenoxy) is 1. The number of carbonyl (C=O) groups excluding carboxylic acids is 1. The molecule has 0 fully saturated rings. The maximum Gasteiger partial charge on any atom is 0.254 e. The zero-order valence-electron chi connectivity index (χ0n) is 11.1. The molecule has 2 rings (SSSR count). The van der Waals surface area contributed by atoms with E-state index in [0.717, 1.165) is 16.9 Å². The highest BCUT2D eigenvalue weighted by Crippen LogP contribution is 2.30. The number of hydrogen-bond donors (Lipinski definition) is 2. The second-order valence-electron chi connectivity index (χ2n) is 4.28. The van der Waals surface area contributed by atoms with Crippen LogP contribution in [-0.2, 0) is 7.05 Å². The fourth-order valence-corrected chi connectivity index (χ4v) is 2.00. The number of aryl methyl sites for hydroxylation is 2. The summed E-state index contributed by atoms with van der Waals surface area (Å²) < 4.78 is 6.59. The van der Waals surface area contributed by atoms with Crippen molar-refractivity contribution in [2.45, 2.75) is 6.92 Å². The third kappa shape index (κ3) is 2.12. The van der Waals surface area contributed by atoms with Crippen molar-refractivity contribution >= 4 is 11.7 Å². The molecule has 100 valence electrons.